The van der Waals surface area contributed by atoms with Crippen molar-refractivity contribution in [3.05, 3.63) is 35.4 Å². The average molecular weight is 284 g/mol. The Hall–Kier alpha value is -1.34. The van der Waals surface area contributed by atoms with Gasteiger partial charge in [-0.15, -0.1) is 0 Å². The number of rotatable bonds is 3. The molecule has 21 heavy (non-hydrogen) atoms. The Balaban J connectivity index is 1.60. The summed E-state index contributed by atoms with van der Waals surface area (Å²) in [5.41, 5.74) is 2.40. The fraction of sp³-hybridized carbons (Fsp3) is 0.556. The van der Waals surface area contributed by atoms with Crippen LogP contribution in [0.4, 0.5) is 0 Å². The Morgan fingerprint density at radius 2 is 2.19 bits per heavy atom. The normalized spacial score (nSPS) is 22.6. The van der Waals surface area contributed by atoms with Crippen molar-refractivity contribution in [2.75, 3.05) is 32.8 Å². The fourth-order valence-electron chi connectivity index (χ4n) is 3.43. The molecule has 2 aliphatic rings. The van der Waals surface area contributed by atoms with Crippen molar-refractivity contribution in [3.63, 3.8) is 0 Å². The molecule has 2 heterocycles. The lowest BCUT2D eigenvalue weighted by atomic mass is 10.1. The summed E-state index contributed by atoms with van der Waals surface area (Å²) in [6, 6.07) is 9.29. The molecule has 0 aliphatic carbocycles. The molecule has 1 aromatic carbocycles. The van der Waals surface area contributed by atoms with E-state index in [4.69, 9.17) is 5.11 Å². The number of fused-ring (bicyclic) bond motifs is 1. The zero-order valence-corrected chi connectivity index (χ0v) is 12.6. The summed E-state index contributed by atoms with van der Waals surface area (Å²) in [6.45, 7) is 6.07. The molecule has 2 saturated heterocycles. The van der Waals surface area contributed by atoms with Gasteiger partial charge < -0.3 is 5.11 Å². The predicted octanol–water partition coefficient (Wildman–Crippen LogP) is 1.70. The van der Waals surface area contributed by atoms with Gasteiger partial charge in [0.1, 0.15) is 0 Å². The van der Waals surface area contributed by atoms with E-state index in [1.165, 1.54) is 44.6 Å². The molecule has 3 heteroatoms. The topological polar surface area (TPSA) is 26.7 Å². The van der Waals surface area contributed by atoms with Crippen LogP contribution in [-0.2, 0) is 6.54 Å². The molecule has 0 saturated carbocycles. The van der Waals surface area contributed by atoms with Crippen LogP contribution in [0.15, 0.2) is 24.3 Å². The minimum atomic E-state index is 0.137. The average Bonchev–Trinajstić information content (AvgIpc) is 2.95. The van der Waals surface area contributed by atoms with Crippen molar-refractivity contribution in [1.82, 2.24) is 9.80 Å². The largest absolute Gasteiger partial charge is 0.395 e. The quantitative estimate of drug-likeness (QED) is 0.856. The van der Waals surface area contributed by atoms with Gasteiger partial charge >= 0.3 is 0 Å². The third-order valence-corrected chi connectivity index (χ3v) is 4.47. The third-order valence-electron chi connectivity index (χ3n) is 4.47. The molecule has 2 fully saturated rings. The maximum atomic E-state index is 8.78. The molecule has 0 aromatic heterocycles. The minimum absolute atomic E-state index is 0.137. The van der Waals surface area contributed by atoms with Crippen LogP contribution < -0.4 is 0 Å². The molecule has 0 bridgehead atoms. The van der Waals surface area contributed by atoms with Crippen LogP contribution in [0.3, 0.4) is 0 Å². The van der Waals surface area contributed by atoms with Crippen LogP contribution in [-0.4, -0.2) is 53.7 Å². The van der Waals surface area contributed by atoms with Crippen molar-refractivity contribution in [2.45, 2.75) is 31.8 Å². The molecule has 1 unspecified atom stereocenters. The van der Waals surface area contributed by atoms with E-state index in [2.05, 4.69) is 39.8 Å². The molecule has 1 aromatic rings. The van der Waals surface area contributed by atoms with Gasteiger partial charge in [-0.3, -0.25) is 9.80 Å². The second-order valence-corrected chi connectivity index (χ2v) is 6.04. The van der Waals surface area contributed by atoms with Crippen LogP contribution in [0.5, 0.6) is 0 Å². The van der Waals surface area contributed by atoms with E-state index in [-0.39, 0.29) is 6.61 Å². The number of benzene rings is 1. The fourth-order valence-corrected chi connectivity index (χ4v) is 3.43. The third kappa shape index (κ3) is 3.85. The van der Waals surface area contributed by atoms with Gasteiger partial charge in [0.2, 0.25) is 0 Å². The summed E-state index contributed by atoms with van der Waals surface area (Å²) >= 11 is 0. The van der Waals surface area contributed by atoms with Crippen LogP contribution in [0.25, 0.3) is 0 Å². The molecule has 0 amide bonds. The van der Waals surface area contributed by atoms with Gasteiger partial charge in [-0.25, -0.2) is 0 Å². The Morgan fingerprint density at radius 3 is 3.10 bits per heavy atom. The van der Waals surface area contributed by atoms with Crippen molar-refractivity contribution in [2.24, 2.45) is 0 Å². The first-order valence-electron chi connectivity index (χ1n) is 8.00. The maximum Gasteiger partial charge on any atom is 0.0540 e. The molecule has 2 aliphatic heterocycles. The summed E-state index contributed by atoms with van der Waals surface area (Å²) < 4.78 is 0. The van der Waals surface area contributed by atoms with Gasteiger partial charge in [0, 0.05) is 44.2 Å². The zero-order chi connectivity index (χ0) is 14.5. The Kier molecular flexibility index (Phi) is 4.92. The van der Waals surface area contributed by atoms with Gasteiger partial charge in [0.25, 0.3) is 0 Å². The van der Waals surface area contributed by atoms with E-state index < -0.39 is 0 Å². The molecule has 112 valence electrons. The number of hydrogen-bond donors (Lipinski definition) is 1. The SMILES string of the molecule is OCCC#Cc1cccc(CN2CCN3CCCC3C2)c1. The lowest BCUT2D eigenvalue weighted by Gasteiger charge is -2.37. The second kappa shape index (κ2) is 7.09. The van der Waals surface area contributed by atoms with Crippen molar-refractivity contribution in [1.29, 1.82) is 0 Å². The highest BCUT2D eigenvalue weighted by Crippen LogP contribution is 2.22. The highest BCUT2D eigenvalue weighted by molar-refractivity contribution is 5.37. The monoisotopic (exact) mass is 284 g/mol. The number of aliphatic hydroxyl groups excluding tert-OH is 1. The van der Waals surface area contributed by atoms with E-state index in [0.29, 0.717) is 6.42 Å². The molecule has 0 spiro atoms. The molecule has 3 nitrogen and oxygen atoms in total. The lowest BCUT2D eigenvalue weighted by Crippen LogP contribution is -2.49. The summed E-state index contributed by atoms with van der Waals surface area (Å²) in [4.78, 5) is 5.22. The first kappa shape index (κ1) is 14.6. The van der Waals surface area contributed by atoms with E-state index in [1.807, 2.05) is 6.07 Å². The first-order valence-corrected chi connectivity index (χ1v) is 8.00. The van der Waals surface area contributed by atoms with Crippen LogP contribution in [0.1, 0.15) is 30.4 Å². The van der Waals surface area contributed by atoms with E-state index >= 15 is 0 Å². The maximum absolute atomic E-state index is 8.78. The Labute approximate surface area is 127 Å². The van der Waals surface area contributed by atoms with Crippen LogP contribution in [0.2, 0.25) is 0 Å². The summed E-state index contributed by atoms with van der Waals surface area (Å²) in [7, 11) is 0. The van der Waals surface area contributed by atoms with Crippen molar-refractivity contribution < 1.29 is 5.11 Å². The van der Waals surface area contributed by atoms with Crippen LogP contribution >= 0.6 is 0 Å². The molecular formula is C18H24N2O. The molecule has 1 atom stereocenters. The standard InChI is InChI=1S/C18H24N2O/c21-12-2-1-5-16-6-3-7-17(13-16)14-19-10-11-20-9-4-8-18(20)15-19/h3,6-7,13,18,21H,2,4,8-12,14-15H2. The summed E-state index contributed by atoms with van der Waals surface area (Å²) in [5.74, 6) is 6.12. The smallest absolute Gasteiger partial charge is 0.0540 e. The number of aliphatic hydroxyl groups is 1. The van der Waals surface area contributed by atoms with E-state index in [0.717, 1.165) is 18.2 Å². The summed E-state index contributed by atoms with van der Waals surface area (Å²) in [5, 5.41) is 8.78. The zero-order valence-electron chi connectivity index (χ0n) is 12.6. The van der Waals surface area contributed by atoms with Crippen LogP contribution in [0, 0.1) is 11.8 Å². The predicted molar refractivity (Wildman–Crippen MR) is 84.9 cm³/mol. The number of nitrogens with zero attached hydrogens (tertiary/aromatic N) is 2. The molecular weight excluding hydrogens is 260 g/mol. The molecule has 1 N–H and O–H groups in total. The highest BCUT2D eigenvalue weighted by Gasteiger charge is 2.30. The Bertz CT molecular complexity index is 532. The van der Waals surface area contributed by atoms with Gasteiger partial charge in [-0.1, -0.05) is 24.0 Å². The van der Waals surface area contributed by atoms with Crippen molar-refractivity contribution in [3.8, 4) is 11.8 Å². The summed E-state index contributed by atoms with van der Waals surface area (Å²) in [6.07, 6.45) is 3.28. The highest BCUT2D eigenvalue weighted by atomic mass is 16.2. The second-order valence-electron chi connectivity index (χ2n) is 6.04. The van der Waals surface area contributed by atoms with Crippen molar-refractivity contribution >= 4 is 0 Å². The Morgan fingerprint density at radius 1 is 1.24 bits per heavy atom. The molecule has 0 radical (unpaired) electrons. The van der Waals surface area contributed by atoms with Gasteiger partial charge in [-0.05, 0) is 37.1 Å². The lowest BCUT2D eigenvalue weighted by molar-refractivity contribution is 0.0994. The number of hydrogen-bond acceptors (Lipinski definition) is 3. The minimum Gasteiger partial charge on any atom is -0.395 e. The first-order chi connectivity index (χ1) is 10.3. The number of piperazine rings is 1. The van der Waals surface area contributed by atoms with E-state index in [1.54, 1.807) is 0 Å². The van der Waals surface area contributed by atoms with Gasteiger partial charge in [0.15, 0.2) is 0 Å². The van der Waals surface area contributed by atoms with Gasteiger partial charge in [0.05, 0.1) is 6.61 Å². The van der Waals surface area contributed by atoms with E-state index in [9.17, 15) is 0 Å². The molecule has 3 rings (SSSR count). The van der Waals surface area contributed by atoms with Gasteiger partial charge in [-0.2, -0.15) is 0 Å².